The fourth-order valence-electron chi connectivity index (χ4n) is 3.87. The summed E-state index contributed by atoms with van der Waals surface area (Å²) in [6, 6.07) is 12.5. The number of rotatable bonds is 5. The summed E-state index contributed by atoms with van der Waals surface area (Å²) in [6.45, 7) is 13.3. The molecule has 2 heterocycles. The van der Waals surface area contributed by atoms with Gasteiger partial charge in [-0.05, 0) is 54.5 Å². The van der Waals surface area contributed by atoms with E-state index in [0.717, 1.165) is 39.8 Å². The topological polar surface area (TPSA) is 31.6 Å². The summed E-state index contributed by atoms with van der Waals surface area (Å²) in [5.74, 6) is 2.18. The summed E-state index contributed by atoms with van der Waals surface area (Å²) in [4.78, 5) is 0. The Bertz CT molecular complexity index is 1070. The highest BCUT2D eigenvalue weighted by Crippen LogP contribution is 2.48. The first-order valence-electron chi connectivity index (χ1n) is 9.66. The lowest BCUT2D eigenvalue weighted by Crippen LogP contribution is -2.20. The minimum absolute atomic E-state index is 0.00850. The van der Waals surface area contributed by atoms with Gasteiger partial charge >= 0.3 is 0 Å². The van der Waals surface area contributed by atoms with E-state index in [0.29, 0.717) is 18.1 Å². The van der Waals surface area contributed by atoms with Crippen LogP contribution in [-0.2, 0) is 5.41 Å². The number of hydrogen-bond donors (Lipinski definition) is 0. The molecule has 0 saturated carbocycles. The monoisotopic (exact) mass is 374 g/mol. The van der Waals surface area contributed by atoms with Gasteiger partial charge in [0, 0.05) is 10.9 Å². The molecule has 3 heteroatoms. The highest BCUT2D eigenvalue weighted by Gasteiger charge is 2.27. The van der Waals surface area contributed by atoms with E-state index in [9.17, 15) is 0 Å². The molecule has 0 N–H and O–H groups in total. The molecule has 28 heavy (non-hydrogen) atoms. The molecule has 2 aromatic carbocycles. The molecule has 0 aliphatic carbocycles. The predicted molar refractivity (Wildman–Crippen MR) is 114 cm³/mol. The van der Waals surface area contributed by atoms with Crippen molar-refractivity contribution in [3.05, 3.63) is 77.8 Å². The van der Waals surface area contributed by atoms with Crippen molar-refractivity contribution < 1.29 is 13.9 Å². The van der Waals surface area contributed by atoms with E-state index in [1.54, 1.807) is 6.26 Å². The van der Waals surface area contributed by atoms with Crippen molar-refractivity contribution in [3.63, 3.8) is 0 Å². The fourth-order valence-corrected chi connectivity index (χ4v) is 3.87. The third kappa shape index (κ3) is 3.11. The maximum absolute atomic E-state index is 6.30. The molecule has 1 aromatic heterocycles. The summed E-state index contributed by atoms with van der Waals surface area (Å²) < 4.78 is 18.2. The van der Waals surface area contributed by atoms with Crippen LogP contribution in [-0.4, -0.2) is 6.61 Å². The zero-order valence-electron chi connectivity index (χ0n) is 17.0. The molecule has 1 aliphatic rings. The Kier molecular flexibility index (Phi) is 4.54. The van der Waals surface area contributed by atoms with Crippen LogP contribution in [0, 0.1) is 6.92 Å². The van der Waals surface area contributed by atoms with Gasteiger partial charge in [0.15, 0.2) is 11.3 Å². The van der Waals surface area contributed by atoms with Gasteiger partial charge in [0.1, 0.15) is 5.76 Å². The highest BCUT2D eigenvalue weighted by atomic mass is 16.5. The third-order valence-corrected chi connectivity index (χ3v) is 5.57. The van der Waals surface area contributed by atoms with Crippen molar-refractivity contribution >= 4 is 16.5 Å². The van der Waals surface area contributed by atoms with Gasteiger partial charge in [-0.15, -0.1) is 0 Å². The third-order valence-electron chi connectivity index (χ3n) is 5.57. The molecule has 0 spiro atoms. The Hall–Kier alpha value is -2.94. The quantitative estimate of drug-likeness (QED) is 0.492. The van der Waals surface area contributed by atoms with Gasteiger partial charge < -0.3 is 13.9 Å². The smallest absolute Gasteiger partial charge is 0.206 e. The number of benzene rings is 2. The molecule has 1 aliphatic heterocycles. The zero-order chi connectivity index (χ0) is 19.9. The van der Waals surface area contributed by atoms with Gasteiger partial charge in [0.2, 0.25) is 5.75 Å². The van der Waals surface area contributed by atoms with Gasteiger partial charge in [-0.1, -0.05) is 50.8 Å². The molecule has 0 radical (unpaired) electrons. The molecule has 4 rings (SSSR count). The first kappa shape index (κ1) is 18.4. The first-order chi connectivity index (χ1) is 13.4. The maximum atomic E-state index is 6.30. The number of fused-ring (bicyclic) bond motifs is 2. The van der Waals surface area contributed by atoms with Crippen LogP contribution < -0.4 is 9.47 Å². The normalized spacial score (nSPS) is 13.9. The molecule has 3 nitrogen and oxygen atoms in total. The van der Waals surface area contributed by atoms with E-state index in [2.05, 4.69) is 51.6 Å². The lowest BCUT2D eigenvalue weighted by Gasteiger charge is -2.27. The lowest BCUT2D eigenvalue weighted by molar-refractivity contribution is 0.260. The zero-order valence-corrected chi connectivity index (χ0v) is 17.0. The van der Waals surface area contributed by atoms with Crippen molar-refractivity contribution in [3.8, 4) is 11.5 Å². The standard InChI is InChI=1S/C25H26O3/c1-16-15-17(2)28-23-21(16)18(3)20-11-13-26-22(20)24(23)27-14-12-25(4,5)19-9-7-6-8-10-19/h6-11,13,15H,1,12,14H2,2-5H3. The van der Waals surface area contributed by atoms with Crippen LogP contribution in [0.3, 0.4) is 0 Å². The first-order valence-corrected chi connectivity index (χ1v) is 9.66. The largest absolute Gasteiger partial charge is 0.486 e. The maximum Gasteiger partial charge on any atom is 0.206 e. The van der Waals surface area contributed by atoms with Crippen LogP contribution in [0.1, 0.15) is 43.9 Å². The van der Waals surface area contributed by atoms with Crippen molar-refractivity contribution in [1.82, 2.24) is 0 Å². The fraction of sp³-hybridized carbons (Fsp3) is 0.280. The van der Waals surface area contributed by atoms with Gasteiger partial charge in [-0.3, -0.25) is 0 Å². The molecule has 0 bridgehead atoms. The van der Waals surface area contributed by atoms with Crippen LogP contribution in [0.4, 0.5) is 0 Å². The molecular weight excluding hydrogens is 348 g/mol. The Balaban J connectivity index is 1.66. The Morgan fingerprint density at radius 3 is 2.57 bits per heavy atom. The summed E-state index contributed by atoms with van der Waals surface area (Å²) in [5, 5.41) is 1.04. The van der Waals surface area contributed by atoms with Crippen LogP contribution in [0.15, 0.2) is 65.5 Å². The molecule has 0 saturated heterocycles. The highest BCUT2D eigenvalue weighted by molar-refractivity contribution is 5.97. The number of ether oxygens (including phenoxy) is 2. The van der Waals surface area contributed by atoms with E-state index in [1.807, 2.05) is 25.1 Å². The van der Waals surface area contributed by atoms with Crippen molar-refractivity contribution in [2.45, 2.75) is 39.5 Å². The second-order valence-electron chi connectivity index (χ2n) is 8.05. The lowest BCUT2D eigenvalue weighted by atomic mass is 9.82. The molecule has 0 amide bonds. The van der Waals surface area contributed by atoms with Crippen molar-refractivity contribution in [2.75, 3.05) is 6.61 Å². The molecule has 0 fully saturated rings. The number of hydrogen-bond acceptors (Lipinski definition) is 3. The molecule has 3 aromatic rings. The SMILES string of the molecule is C=C1C=C(C)Oc2c1c(C)c1ccoc1c2OCCC(C)(C)c1ccccc1. The molecular formula is C25H26O3. The van der Waals surface area contributed by atoms with Gasteiger partial charge in [0.25, 0.3) is 0 Å². The predicted octanol–water partition coefficient (Wildman–Crippen LogP) is 6.80. The van der Waals surface area contributed by atoms with E-state index < -0.39 is 0 Å². The van der Waals surface area contributed by atoms with Crippen LogP contribution in [0.5, 0.6) is 11.5 Å². The van der Waals surface area contributed by atoms with Gasteiger partial charge in [-0.25, -0.2) is 0 Å². The minimum atomic E-state index is 0.00850. The summed E-state index contributed by atoms with van der Waals surface area (Å²) in [5.41, 5.74) is 5.08. The summed E-state index contributed by atoms with van der Waals surface area (Å²) >= 11 is 0. The van der Waals surface area contributed by atoms with Crippen molar-refractivity contribution in [1.29, 1.82) is 0 Å². The van der Waals surface area contributed by atoms with E-state index in [-0.39, 0.29) is 5.41 Å². The number of allylic oxidation sites excluding steroid dienone is 3. The van der Waals surface area contributed by atoms with Gasteiger partial charge in [0.05, 0.1) is 12.9 Å². The van der Waals surface area contributed by atoms with Crippen LogP contribution >= 0.6 is 0 Å². The molecule has 0 unspecified atom stereocenters. The van der Waals surface area contributed by atoms with E-state index in [1.165, 1.54) is 5.56 Å². The Morgan fingerprint density at radius 1 is 1.07 bits per heavy atom. The van der Waals surface area contributed by atoms with E-state index in [4.69, 9.17) is 13.9 Å². The number of aryl methyl sites for hydroxylation is 1. The molecule has 144 valence electrons. The summed E-state index contributed by atoms with van der Waals surface area (Å²) in [7, 11) is 0. The van der Waals surface area contributed by atoms with Crippen LogP contribution in [0.25, 0.3) is 16.5 Å². The Morgan fingerprint density at radius 2 is 1.82 bits per heavy atom. The Labute approximate surface area is 166 Å². The average Bonchev–Trinajstić information content (AvgIpc) is 3.14. The second-order valence-corrected chi connectivity index (χ2v) is 8.05. The number of furan rings is 1. The van der Waals surface area contributed by atoms with Gasteiger partial charge in [-0.2, -0.15) is 0 Å². The minimum Gasteiger partial charge on any atom is -0.486 e. The average molecular weight is 374 g/mol. The van der Waals surface area contributed by atoms with Crippen molar-refractivity contribution in [2.24, 2.45) is 0 Å². The van der Waals surface area contributed by atoms with E-state index >= 15 is 0 Å². The second kappa shape index (κ2) is 6.90. The van der Waals surface area contributed by atoms with Crippen LogP contribution in [0.2, 0.25) is 0 Å². The summed E-state index contributed by atoms with van der Waals surface area (Å²) in [6.07, 6.45) is 4.54. The molecule has 0 atom stereocenters.